The summed E-state index contributed by atoms with van der Waals surface area (Å²) in [6.07, 6.45) is -1.08. The maximum atomic E-state index is 10.3. The van der Waals surface area contributed by atoms with Gasteiger partial charge in [0.25, 0.3) is 0 Å². The number of piperidine rings is 1. The Kier molecular flexibility index (Phi) is 6.62. The van der Waals surface area contributed by atoms with Gasteiger partial charge in [0, 0.05) is 37.9 Å². The predicted octanol–water partition coefficient (Wildman–Crippen LogP) is 0.686. The summed E-state index contributed by atoms with van der Waals surface area (Å²) in [4.78, 5) is 2.07. The van der Waals surface area contributed by atoms with Crippen molar-refractivity contribution in [2.24, 2.45) is 0 Å². The van der Waals surface area contributed by atoms with Crippen molar-refractivity contribution in [1.29, 1.82) is 0 Å². The standard InChI is InChI=1S/C16H24ClNO4/c1-22-14-10-18(13(6-8-19)15(20)16(14)21)7-5-11-3-2-4-12(17)9-11/h2-4,9,13-16,19-21H,5-8,10H2,1H3/t13-,14+,15-,16-/m1/s1. The molecule has 124 valence electrons. The van der Waals surface area contributed by atoms with E-state index in [-0.39, 0.29) is 12.6 Å². The average molecular weight is 330 g/mol. The van der Waals surface area contributed by atoms with E-state index in [9.17, 15) is 15.3 Å². The number of benzene rings is 1. The van der Waals surface area contributed by atoms with Crippen molar-refractivity contribution in [3.63, 3.8) is 0 Å². The number of hydrogen-bond acceptors (Lipinski definition) is 5. The van der Waals surface area contributed by atoms with Gasteiger partial charge in [-0.2, -0.15) is 0 Å². The van der Waals surface area contributed by atoms with Crippen LogP contribution >= 0.6 is 11.6 Å². The lowest BCUT2D eigenvalue weighted by Gasteiger charge is -2.45. The van der Waals surface area contributed by atoms with E-state index in [1.165, 1.54) is 7.11 Å². The molecule has 1 aromatic rings. The van der Waals surface area contributed by atoms with E-state index in [4.69, 9.17) is 16.3 Å². The van der Waals surface area contributed by atoms with Gasteiger partial charge in [0.1, 0.15) is 6.10 Å². The topological polar surface area (TPSA) is 73.2 Å². The van der Waals surface area contributed by atoms with Crippen molar-refractivity contribution < 1.29 is 20.1 Å². The van der Waals surface area contributed by atoms with E-state index in [0.717, 1.165) is 12.0 Å². The van der Waals surface area contributed by atoms with Crippen LogP contribution in [0.3, 0.4) is 0 Å². The lowest BCUT2D eigenvalue weighted by molar-refractivity contribution is -0.149. The fourth-order valence-corrected chi connectivity index (χ4v) is 3.27. The number of aliphatic hydroxyl groups excluding tert-OH is 3. The first-order valence-electron chi connectivity index (χ1n) is 7.55. The molecule has 1 heterocycles. The predicted molar refractivity (Wildman–Crippen MR) is 85.0 cm³/mol. The minimum absolute atomic E-state index is 0.0280. The van der Waals surface area contributed by atoms with Crippen LogP contribution in [0.25, 0.3) is 0 Å². The zero-order chi connectivity index (χ0) is 16.1. The Morgan fingerprint density at radius 2 is 2.09 bits per heavy atom. The highest BCUT2D eigenvalue weighted by atomic mass is 35.5. The highest BCUT2D eigenvalue weighted by Gasteiger charge is 2.41. The summed E-state index contributed by atoms with van der Waals surface area (Å²) in [6.45, 7) is 1.20. The zero-order valence-corrected chi connectivity index (χ0v) is 13.5. The van der Waals surface area contributed by atoms with Gasteiger partial charge in [-0.1, -0.05) is 23.7 Å². The van der Waals surface area contributed by atoms with Crippen LogP contribution in [0.15, 0.2) is 24.3 Å². The fourth-order valence-electron chi connectivity index (χ4n) is 3.06. The lowest BCUT2D eigenvalue weighted by Crippen LogP contribution is -2.62. The molecule has 0 radical (unpaired) electrons. The Labute approximate surface area is 136 Å². The molecule has 0 aliphatic carbocycles. The molecule has 1 saturated heterocycles. The highest BCUT2D eigenvalue weighted by molar-refractivity contribution is 6.30. The molecule has 4 atom stereocenters. The fraction of sp³-hybridized carbons (Fsp3) is 0.625. The molecule has 0 saturated carbocycles. The third-order valence-corrected chi connectivity index (χ3v) is 4.55. The SMILES string of the molecule is CO[C@H]1CN(CCc2cccc(Cl)c2)[C@H](CCO)[C@@H](O)[C@@H]1O. The van der Waals surface area contributed by atoms with Crippen LogP contribution in [0, 0.1) is 0 Å². The van der Waals surface area contributed by atoms with E-state index in [0.29, 0.717) is 24.5 Å². The van der Waals surface area contributed by atoms with E-state index in [1.54, 1.807) is 0 Å². The van der Waals surface area contributed by atoms with Crippen molar-refractivity contribution in [2.45, 2.75) is 37.2 Å². The molecule has 1 aliphatic rings. The molecule has 22 heavy (non-hydrogen) atoms. The van der Waals surface area contributed by atoms with Crippen molar-refractivity contribution in [2.75, 3.05) is 26.8 Å². The number of halogens is 1. The van der Waals surface area contributed by atoms with Crippen molar-refractivity contribution in [1.82, 2.24) is 4.90 Å². The normalized spacial score (nSPS) is 29.7. The van der Waals surface area contributed by atoms with Gasteiger partial charge < -0.3 is 20.1 Å². The average Bonchev–Trinajstić information content (AvgIpc) is 2.51. The van der Waals surface area contributed by atoms with Gasteiger partial charge in [0.2, 0.25) is 0 Å². The van der Waals surface area contributed by atoms with Crippen LogP contribution in [0.1, 0.15) is 12.0 Å². The molecule has 3 N–H and O–H groups in total. The summed E-state index contributed by atoms with van der Waals surface area (Å²) in [5.41, 5.74) is 1.12. The van der Waals surface area contributed by atoms with Crippen LogP contribution < -0.4 is 0 Å². The first kappa shape index (κ1) is 17.7. The second kappa shape index (κ2) is 8.24. The number of aliphatic hydroxyl groups is 3. The first-order valence-corrected chi connectivity index (χ1v) is 7.93. The number of hydrogen-bond donors (Lipinski definition) is 3. The lowest BCUT2D eigenvalue weighted by atomic mass is 9.91. The van der Waals surface area contributed by atoms with Gasteiger partial charge in [-0.05, 0) is 30.5 Å². The summed E-state index contributed by atoms with van der Waals surface area (Å²) in [7, 11) is 1.53. The Morgan fingerprint density at radius 1 is 1.32 bits per heavy atom. The van der Waals surface area contributed by atoms with E-state index < -0.39 is 18.3 Å². The third-order valence-electron chi connectivity index (χ3n) is 4.31. The Hall–Kier alpha value is -0.690. The largest absolute Gasteiger partial charge is 0.396 e. The van der Waals surface area contributed by atoms with E-state index >= 15 is 0 Å². The van der Waals surface area contributed by atoms with Crippen molar-refractivity contribution >= 4 is 11.6 Å². The quantitative estimate of drug-likeness (QED) is 0.716. The smallest absolute Gasteiger partial charge is 0.109 e. The molecule has 5 nitrogen and oxygen atoms in total. The number of nitrogens with zero attached hydrogens (tertiary/aromatic N) is 1. The molecular weight excluding hydrogens is 306 g/mol. The van der Waals surface area contributed by atoms with Gasteiger partial charge in [-0.15, -0.1) is 0 Å². The maximum Gasteiger partial charge on any atom is 0.109 e. The van der Waals surface area contributed by atoms with Crippen LogP contribution in [0.2, 0.25) is 5.02 Å². The number of methoxy groups -OCH3 is 1. The van der Waals surface area contributed by atoms with Crippen molar-refractivity contribution in [3.8, 4) is 0 Å². The van der Waals surface area contributed by atoms with Crippen LogP contribution in [0.5, 0.6) is 0 Å². The summed E-state index contributed by atoms with van der Waals surface area (Å²) < 4.78 is 5.27. The van der Waals surface area contributed by atoms with Gasteiger partial charge in [-0.25, -0.2) is 0 Å². The van der Waals surface area contributed by atoms with E-state index in [1.807, 2.05) is 24.3 Å². The summed E-state index contributed by atoms with van der Waals surface area (Å²) >= 11 is 5.99. The Balaban J connectivity index is 2.04. The second-order valence-corrected chi connectivity index (χ2v) is 6.15. The van der Waals surface area contributed by atoms with Gasteiger partial charge >= 0.3 is 0 Å². The van der Waals surface area contributed by atoms with Gasteiger partial charge in [0.05, 0.1) is 12.2 Å². The Morgan fingerprint density at radius 3 is 2.73 bits per heavy atom. The second-order valence-electron chi connectivity index (χ2n) is 5.71. The number of likely N-dealkylation sites (tertiary alicyclic amines) is 1. The third kappa shape index (κ3) is 4.19. The van der Waals surface area contributed by atoms with Crippen LogP contribution in [0.4, 0.5) is 0 Å². The molecule has 1 aliphatic heterocycles. The zero-order valence-electron chi connectivity index (χ0n) is 12.7. The monoisotopic (exact) mass is 329 g/mol. The molecule has 0 unspecified atom stereocenters. The first-order chi connectivity index (χ1) is 10.6. The van der Waals surface area contributed by atoms with Crippen LogP contribution in [-0.4, -0.2) is 71.4 Å². The minimum Gasteiger partial charge on any atom is -0.396 e. The molecule has 1 fully saturated rings. The summed E-state index contributed by atoms with van der Waals surface area (Å²) in [5, 5.41) is 30.3. The molecule has 2 rings (SSSR count). The summed E-state index contributed by atoms with van der Waals surface area (Å²) in [6, 6.07) is 7.41. The number of rotatable bonds is 6. The van der Waals surface area contributed by atoms with Crippen molar-refractivity contribution in [3.05, 3.63) is 34.9 Å². The molecule has 0 aromatic heterocycles. The highest BCUT2D eigenvalue weighted by Crippen LogP contribution is 2.23. The maximum absolute atomic E-state index is 10.3. The van der Waals surface area contributed by atoms with Gasteiger partial charge in [-0.3, -0.25) is 4.90 Å². The molecule has 1 aromatic carbocycles. The van der Waals surface area contributed by atoms with Gasteiger partial charge in [0.15, 0.2) is 0 Å². The number of ether oxygens (including phenoxy) is 1. The van der Waals surface area contributed by atoms with E-state index in [2.05, 4.69) is 4.90 Å². The Bertz CT molecular complexity index is 473. The molecule has 0 amide bonds. The minimum atomic E-state index is -0.927. The summed E-state index contributed by atoms with van der Waals surface area (Å²) in [5.74, 6) is 0. The molecule has 0 spiro atoms. The van der Waals surface area contributed by atoms with Crippen LogP contribution in [-0.2, 0) is 11.2 Å². The molecular formula is C16H24ClNO4. The molecule has 0 bridgehead atoms. The molecule has 6 heteroatoms.